The van der Waals surface area contributed by atoms with Crippen LogP contribution < -0.4 is 5.73 Å². The van der Waals surface area contributed by atoms with Crippen molar-refractivity contribution in [1.29, 1.82) is 0 Å². The van der Waals surface area contributed by atoms with Crippen molar-refractivity contribution in [3.05, 3.63) is 47.8 Å². The van der Waals surface area contributed by atoms with Gasteiger partial charge in [0.1, 0.15) is 5.82 Å². The Morgan fingerprint density at radius 2 is 2.05 bits per heavy atom. The molecule has 108 valence electrons. The van der Waals surface area contributed by atoms with E-state index >= 15 is 0 Å². The second-order valence-corrected chi connectivity index (χ2v) is 4.37. The molecule has 3 nitrogen and oxygen atoms in total. The summed E-state index contributed by atoms with van der Waals surface area (Å²) < 4.78 is 52.8. The molecule has 1 aromatic heterocycles. The van der Waals surface area contributed by atoms with Crippen LogP contribution in [0, 0.1) is 5.82 Å². The summed E-state index contributed by atoms with van der Waals surface area (Å²) in [5, 5.41) is 0. The van der Waals surface area contributed by atoms with Crippen molar-refractivity contribution in [2.45, 2.75) is 25.6 Å². The third-order valence-electron chi connectivity index (χ3n) is 3.02. The Labute approximate surface area is 113 Å². The van der Waals surface area contributed by atoms with Gasteiger partial charge in [-0.1, -0.05) is 6.92 Å². The van der Waals surface area contributed by atoms with E-state index in [1.807, 2.05) is 6.92 Å². The molecule has 0 bridgehead atoms. The van der Waals surface area contributed by atoms with Crippen molar-refractivity contribution in [3.63, 3.8) is 0 Å². The maximum absolute atomic E-state index is 13.3. The van der Waals surface area contributed by atoms with Gasteiger partial charge in [0.05, 0.1) is 23.8 Å². The van der Waals surface area contributed by atoms with E-state index in [9.17, 15) is 17.6 Å². The van der Waals surface area contributed by atoms with E-state index in [-0.39, 0.29) is 11.7 Å². The minimum atomic E-state index is -4.74. The first kappa shape index (κ1) is 14.5. The van der Waals surface area contributed by atoms with Gasteiger partial charge in [0.2, 0.25) is 0 Å². The molecule has 2 aromatic rings. The zero-order valence-electron chi connectivity index (χ0n) is 10.7. The molecule has 0 fully saturated rings. The SMILES string of the molecule is CC[C@@H](N)c1cncn1-c1ccc(F)c(C(F)(F)F)c1. The number of rotatable bonds is 3. The minimum Gasteiger partial charge on any atom is -0.323 e. The monoisotopic (exact) mass is 287 g/mol. The molecule has 0 aliphatic carbocycles. The number of nitrogens with zero attached hydrogens (tertiary/aromatic N) is 2. The fraction of sp³-hybridized carbons (Fsp3) is 0.308. The topological polar surface area (TPSA) is 43.8 Å². The third kappa shape index (κ3) is 2.67. The van der Waals surface area contributed by atoms with Crippen LogP contribution in [0.25, 0.3) is 5.69 Å². The molecule has 0 unspecified atom stereocenters. The first-order chi connectivity index (χ1) is 9.34. The number of alkyl halides is 3. The Morgan fingerprint density at radius 3 is 2.65 bits per heavy atom. The molecule has 2 rings (SSSR count). The summed E-state index contributed by atoms with van der Waals surface area (Å²) in [6.07, 6.45) is -1.28. The molecule has 20 heavy (non-hydrogen) atoms. The zero-order chi connectivity index (χ0) is 14.9. The van der Waals surface area contributed by atoms with Crippen molar-refractivity contribution in [2.75, 3.05) is 0 Å². The van der Waals surface area contributed by atoms with Crippen molar-refractivity contribution >= 4 is 0 Å². The summed E-state index contributed by atoms with van der Waals surface area (Å²) in [5.41, 5.74) is 5.32. The van der Waals surface area contributed by atoms with Crippen molar-refractivity contribution < 1.29 is 17.6 Å². The van der Waals surface area contributed by atoms with Crippen LogP contribution in [-0.4, -0.2) is 9.55 Å². The number of nitrogens with two attached hydrogens (primary N) is 1. The van der Waals surface area contributed by atoms with E-state index in [1.165, 1.54) is 23.2 Å². The van der Waals surface area contributed by atoms with Crippen molar-refractivity contribution in [1.82, 2.24) is 9.55 Å². The van der Waals surface area contributed by atoms with Gasteiger partial charge in [0, 0.05) is 11.7 Å². The second-order valence-electron chi connectivity index (χ2n) is 4.37. The maximum Gasteiger partial charge on any atom is 0.419 e. The number of hydrogen-bond acceptors (Lipinski definition) is 2. The van der Waals surface area contributed by atoms with Gasteiger partial charge in [0.25, 0.3) is 0 Å². The molecule has 0 radical (unpaired) electrons. The van der Waals surface area contributed by atoms with Crippen LogP contribution in [0.15, 0.2) is 30.7 Å². The molecule has 0 spiro atoms. The van der Waals surface area contributed by atoms with Gasteiger partial charge >= 0.3 is 6.18 Å². The molecule has 2 N–H and O–H groups in total. The molecule has 7 heteroatoms. The Bertz CT molecular complexity index is 604. The summed E-state index contributed by atoms with van der Waals surface area (Å²) in [5.74, 6) is -1.30. The minimum absolute atomic E-state index is 0.176. The van der Waals surface area contributed by atoms with E-state index in [4.69, 9.17) is 5.73 Å². The summed E-state index contributed by atoms with van der Waals surface area (Å²) in [6, 6.07) is 2.46. The van der Waals surface area contributed by atoms with E-state index in [0.717, 1.165) is 12.1 Å². The highest BCUT2D eigenvalue weighted by Crippen LogP contribution is 2.33. The van der Waals surface area contributed by atoms with Crippen LogP contribution >= 0.6 is 0 Å². The lowest BCUT2D eigenvalue weighted by Gasteiger charge is -2.15. The second kappa shape index (κ2) is 5.24. The summed E-state index contributed by atoms with van der Waals surface area (Å²) in [7, 11) is 0. The van der Waals surface area contributed by atoms with Gasteiger partial charge in [-0.15, -0.1) is 0 Å². The number of benzene rings is 1. The van der Waals surface area contributed by atoms with Gasteiger partial charge in [-0.05, 0) is 24.6 Å². The van der Waals surface area contributed by atoms with Gasteiger partial charge in [-0.2, -0.15) is 13.2 Å². The molecule has 1 atom stereocenters. The predicted molar refractivity (Wildman–Crippen MR) is 65.7 cm³/mol. The van der Waals surface area contributed by atoms with Crippen LogP contribution in [0.1, 0.15) is 30.6 Å². The number of aromatic nitrogens is 2. The molecular weight excluding hydrogens is 274 g/mol. The largest absolute Gasteiger partial charge is 0.419 e. The molecule has 0 aliphatic rings. The molecule has 0 amide bonds. The third-order valence-corrected chi connectivity index (χ3v) is 3.02. The predicted octanol–water partition coefficient (Wildman–Crippen LogP) is 3.44. The number of hydrogen-bond donors (Lipinski definition) is 1. The smallest absolute Gasteiger partial charge is 0.323 e. The van der Waals surface area contributed by atoms with E-state index in [2.05, 4.69) is 4.98 Å². The molecule has 0 saturated heterocycles. The van der Waals surface area contributed by atoms with Gasteiger partial charge < -0.3 is 10.3 Å². The fourth-order valence-electron chi connectivity index (χ4n) is 1.88. The van der Waals surface area contributed by atoms with Crippen LogP contribution in [-0.2, 0) is 6.18 Å². The Morgan fingerprint density at radius 1 is 1.35 bits per heavy atom. The standard InChI is InChI=1S/C13H13F4N3/c1-2-11(18)12-6-19-7-20(12)8-3-4-10(14)9(5-8)13(15,16)17/h3-7,11H,2,18H2,1H3/t11-/m1/s1. The summed E-state index contributed by atoms with van der Waals surface area (Å²) in [6.45, 7) is 1.85. The van der Waals surface area contributed by atoms with E-state index in [1.54, 1.807) is 0 Å². The highest BCUT2D eigenvalue weighted by molar-refractivity contribution is 5.39. The zero-order valence-corrected chi connectivity index (χ0v) is 10.7. The molecule has 1 heterocycles. The average Bonchev–Trinajstić information content (AvgIpc) is 2.86. The average molecular weight is 287 g/mol. The van der Waals surface area contributed by atoms with E-state index < -0.39 is 17.6 Å². The first-order valence-corrected chi connectivity index (χ1v) is 5.99. The Kier molecular flexibility index (Phi) is 3.80. The summed E-state index contributed by atoms with van der Waals surface area (Å²) >= 11 is 0. The van der Waals surface area contributed by atoms with Crippen LogP contribution in [0.5, 0.6) is 0 Å². The molecule has 0 saturated carbocycles. The first-order valence-electron chi connectivity index (χ1n) is 5.99. The number of imidazole rings is 1. The van der Waals surface area contributed by atoms with Gasteiger partial charge in [-0.3, -0.25) is 0 Å². The Hall–Kier alpha value is -1.89. The molecule has 1 aromatic carbocycles. The molecular formula is C13H13F4N3. The van der Waals surface area contributed by atoms with Gasteiger partial charge in [-0.25, -0.2) is 9.37 Å². The van der Waals surface area contributed by atoms with Crippen molar-refractivity contribution in [2.24, 2.45) is 5.73 Å². The lowest BCUT2D eigenvalue weighted by molar-refractivity contribution is -0.140. The molecule has 0 aliphatic heterocycles. The van der Waals surface area contributed by atoms with Crippen molar-refractivity contribution in [3.8, 4) is 5.69 Å². The van der Waals surface area contributed by atoms with Crippen LogP contribution in [0.2, 0.25) is 0 Å². The Balaban J connectivity index is 2.52. The van der Waals surface area contributed by atoms with E-state index in [0.29, 0.717) is 12.1 Å². The maximum atomic E-state index is 13.3. The lowest BCUT2D eigenvalue weighted by Crippen LogP contribution is -2.14. The normalized spacial score (nSPS) is 13.5. The quantitative estimate of drug-likeness (QED) is 0.879. The number of halogens is 4. The lowest BCUT2D eigenvalue weighted by atomic mass is 10.1. The highest BCUT2D eigenvalue weighted by atomic mass is 19.4. The highest BCUT2D eigenvalue weighted by Gasteiger charge is 2.34. The fourth-order valence-corrected chi connectivity index (χ4v) is 1.88. The van der Waals surface area contributed by atoms with Gasteiger partial charge in [0.15, 0.2) is 0 Å². The summed E-state index contributed by atoms with van der Waals surface area (Å²) in [4.78, 5) is 3.89. The van der Waals surface area contributed by atoms with Crippen LogP contribution in [0.3, 0.4) is 0 Å². The van der Waals surface area contributed by atoms with Crippen LogP contribution in [0.4, 0.5) is 17.6 Å².